The van der Waals surface area contributed by atoms with Gasteiger partial charge in [-0.1, -0.05) is 18.2 Å². The lowest BCUT2D eigenvalue weighted by Crippen LogP contribution is -2.36. The molecule has 0 amide bonds. The van der Waals surface area contributed by atoms with Gasteiger partial charge in [-0.05, 0) is 12.5 Å². The van der Waals surface area contributed by atoms with Crippen LogP contribution in [0.2, 0.25) is 0 Å². The molecule has 8 nitrogen and oxygen atoms in total. The summed E-state index contributed by atoms with van der Waals surface area (Å²) in [5, 5.41) is 15.4. The van der Waals surface area contributed by atoms with Crippen LogP contribution in [0, 0.1) is 0 Å². The maximum Gasteiger partial charge on any atom is 0.246 e. The molecule has 0 spiro atoms. The van der Waals surface area contributed by atoms with Crippen LogP contribution in [0.3, 0.4) is 0 Å². The highest BCUT2D eigenvalue weighted by atomic mass is 32.2. The van der Waals surface area contributed by atoms with Crippen molar-refractivity contribution in [2.24, 2.45) is 5.10 Å². The van der Waals surface area contributed by atoms with Gasteiger partial charge in [0.2, 0.25) is 5.95 Å². The lowest BCUT2D eigenvalue weighted by atomic mass is 10.2. The molecule has 0 radical (unpaired) electrons. The van der Waals surface area contributed by atoms with Crippen molar-refractivity contribution in [1.29, 1.82) is 0 Å². The first kappa shape index (κ1) is 19.7. The van der Waals surface area contributed by atoms with E-state index in [1.165, 1.54) is 0 Å². The molecule has 3 heterocycles. The quantitative estimate of drug-likeness (QED) is 0.172. The van der Waals surface area contributed by atoms with Gasteiger partial charge in [0, 0.05) is 54.2 Å². The van der Waals surface area contributed by atoms with Gasteiger partial charge < -0.3 is 19.7 Å². The molecule has 4 rings (SSSR count). The number of aromatic nitrogens is 3. The summed E-state index contributed by atoms with van der Waals surface area (Å²) in [6.07, 6.45) is 4.42. The molecule has 29 heavy (non-hydrogen) atoms. The standard InChI is InChI=1S/C20H24N6O2S/c27-8-3-11-29-19-12-18(26-6-9-28-10-7-26)23-20(24-19)25-22-14-15-13-21-17-5-2-1-4-16(15)17/h1-2,4-5,12-14,21,27H,3,6-11H2,(H,23,24,25). The van der Waals surface area contributed by atoms with E-state index in [1.807, 2.05) is 30.5 Å². The normalized spacial score (nSPS) is 14.7. The third-order valence-electron chi connectivity index (χ3n) is 4.57. The van der Waals surface area contributed by atoms with Gasteiger partial charge >= 0.3 is 0 Å². The second kappa shape index (κ2) is 9.73. The second-order valence-corrected chi connectivity index (χ2v) is 7.69. The minimum Gasteiger partial charge on any atom is -0.396 e. The van der Waals surface area contributed by atoms with Gasteiger partial charge in [-0.3, -0.25) is 0 Å². The van der Waals surface area contributed by atoms with Gasteiger partial charge in [-0.15, -0.1) is 11.8 Å². The number of ether oxygens (including phenoxy) is 1. The van der Waals surface area contributed by atoms with Crippen LogP contribution >= 0.6 is 11.8 Å². The molecule has 1 aliphatic rings. The predicted molar refractivity (Wildman–Crippen MR) is 117 cm³/mol. The Balaban J connectivity index is 1.52. The number of nitrogens with zero attached hydrogens (tertiary/aromatic N) is 4. The van der Waals surface area contributed by atoms with Crippen molar-refractivity contribution < 1.29 is 9.84 Å². The van der Waals surface area contributed by atoms with Gasteiger partial charge in [0.05, 0.1) is 19.4 Å². The molecule has 9 heteroatoms. The van der Waals surface area contributed by atoms with Gasteiger partial charge in [-0.2, -0.15) is 10.1 Å². The van der Waals surface area contributed by atoms with E-state index in [0.717, 1.165) is 52.6 Å². The summed E-state index contributed by atoms with van der Waals surface area (Å²) in [5.41, 5.74) is 5.04. The number of fused-ring (bicyclic) bond motifs is 1. The minimum absolute atomic E-state index is 0.175. The van der Waals surface area contributed by atoms with Crippen molar-refractivity contribution in [2.45, 2.75) is 11.4 Å². The van der Waals surface area contributed by atoms with Gasteiger partial charge in [0.25, 0.3) is 0 Å². The Morgan fingerprint density at radius 1 is 1.28 bits per heavy atom. The molecule has 0 unspecified atom stereocenters. The van der Waals surface area contributed by atoms with E-state index in [-0.39, 0.29) is 6.61 Å². The Labute approximate surface area is 173 Å². The zero-order valence-corrected chi connectivity index (χ0v) is 16.9. The van der Waals surface area contributed by atoms with Crippen LogP contribution in [0.15, 0.2) is 46.7 Å². The molecule has 0 atom stereocenters. The summed E-state index contributed by atoms with van der Waals surface area (Å²) >= 11 is 1.60. The van der Waals surface area contributed by atoms with E-state index < -0.39 is 0 Å². The highest BCUT2D eigenvalue weighted by Gasteiger charge is 2.15. The Morgan fingerprint density at radius 3 is 3.00 bits per heavy atom. The number of morpholine rings is 1. The van der Waals surface area contributed by atoms with Crippen LogP contribution in [0.5, 0.6) is 0 Å². The number of benzene rings is 1. The molecule has 3 N–H and O–H groups in total. The van der Waals surface area contributed by atoms with Crippen molar-refractivity contribution in [3.63, 3.8) is 0 Å². The van der Waals surface area contributed by atoms with Crippen LogP contribution in [0.25, 0.3) is 10.9 Å². The lowest BCUT2D eigenvalue weighted by molar-refractivity contribution is 0.122. The smallest absolute Gasteiger partial charge is 0.246 e. The molecule has 2 aromatic heterocycles. The highest BCUT2D eigenvalue weighted by molar-refractivity contribution is 7.99. The van der Waals surface area contributed by atoms with E-state index in [2.05, 4.69) is 36.4 Å². The fourth-order valence-electron chi connectivity index (χ4n) is 3.09. The van der Waals surface area contributed by atoms with Crippen LogP contribution < -0.4 is 10.3 Å². The number of hydrogen-bond donors (Lipinski definition) is 3. The molecule has 3 aromatic rings. The maximum absolute atomic E-state index is 9.04. The number of H-pyrrole nitrogens is 1. The van der Waals surface area contributed by atoms with Gasteiger partial charge in [0.1, 0.15) is 10.8 Å². The molecular formula is C20H24N6O2S. The first-order chi connectivity index (χ1) is 14.3. The number of hydrogen-bond acceptors (Lipinski definition) is 8. The van der Waals surface area contributed by atoms with E-state index in [1.54, 1.807) is 18.0 Å². The largest absolute Gasteiger partial charge is 0.396 e. The fourth-order valence-corrected chi connectivity index (χ4v) is 3.92. The maximum atomic E-state index is 9.04. The topological polar surface area (TPSA) is 98.7 Å². The first-order valence-electron chi connectivity index (χ1n) is 9.64. The monoisotopic (exact) mass is 412 g/mol. The van der Waals surface area contributed by atoms with Crippen LogP contribution in [-0.2, 0) is 4.74 Å². The van der Waals surface area contributed by atoms with Crippen LogP contribution in [0.1, 0.15) is 12.0 Å². The Kier molecular flexibility index (Phi) is 6.60. The zero-order chi connectivity index (χ0) is 19.9. The number of rotatable bonds is 8. The van der Waals surface area contributed by atoms with Crippen molar-refractivity contribution in [3.05, 3.63) is 42.1 Å². The van der Waals surface area contributed by atoms with E-state index in [9.17, 15) is 0 Å². The number of hydrazone groups is 1. The third kappa shape index (κ3) is 5.06. The van der Waals surface area contributed by atoms with E-state index in [0.29, 0.717) is 19.2 Å². The summed E-state index contributed by atoms with van der Waals surface area (Å²) in [7, 11) is 0. The Hall–Kier alpha value is -2.62. The predicted octanol–water partition coefficient (Wildman–Crippen LogP) is 2.72. The summed E-state index contributed by atoms with van der Waals surface area (Å²) in [6.45, 7) is 3.16. The summed E-state index contributed by atoms with van der Waals surface area (Å²) in [5.74, 6) is 2.12. The fraction of sp³-hybridized carbons (Fsp3) is 0.350. The second-order valence-electron chi connectivity index (χ2n) is 6.57. The lowest BCUT2D eigenvalue weighted by Gasteiger charge is -2.28. The molecule has 1 fully saturated rings. The first-order valence-corrected chi connectivity index (χ1v) is 10.6. The average molecular weight is 413 g/mol. The summed E-state index contributed by atoms with van der Waals surface area (Å²) in [6, 6.07) is 10.1. The van der Waals surface area contributed by atoms with Crippen molar-refractivity contribution >= 4 is 40.6 Å². The van der Waals surface area contributed by atoms with Crippen molar-refractivity contribution in [2.75, 3.05) is 49.0 Å². The highest BCUT2D eigenvalue weighted by Crippen LogP contribution is 2.24. The van der Waals surface area contributed by atoms with Gasteiger partial charge in [-0.25, -0.2) is 10.4 Å². The van der Waals surface area contributed by atoms with Crippen LogP contribution in [0.4, 0.5) is 11.8 Å². The van der Waals surface area contributed by atoms with Crippen LogP contribution in [-0.4, -0.2) is 64.9 Å². The minimum atomic E-state index is 0.175. The number of aliphatic hydroxyl groups is 1. The number of nitrogens with one attached hydrogen (secondary N) is 2. The summed E-state index contributed by atoms with van der Waals surface area (Å²) < 4.78 is 5.44. The van der Waals surface area contributed by atoms with E-state index in [4.69, 9.17) is 9.84 Å². The third-order valence-corrected chi connectivity index (χ3v) is 5.56. The number of para-hydroxylation sites is 1. The molecule has 1 saturated heterocycles. The Morgan fingerprint density at radius 2 is 2.14 bits per heavy atom. The number of thioether (sulfide) groups is 1. The zero-order valence-electron chi connectivity index (χ0n) is 16.0. The summed E-state index contributed by atoms with van der Waals surface area (Å²) in [4.78, 5) is 14.6. The molecule has 1 aliphatic heterocycles. The molecule has 0 aliphatic carbocycles. The SMILES string of the molecule is OCCCSc1cc(N2CCOCC2)nc(NN=Cc2c[nH]c3ccccc23)n1. The number of anilines is 2. The molecule has 1 aromatic carbocycles. The van der Waals surface area contributed by atoms with Crippen molar-refractivity contribution in [1.82, 2.24) is 15.0 Å². The Bertz CT molecular complexity index is 971. The molecule has 152 valence electrons. The number of aliphatic hydroxyl groups excluding tert-OH is 1. The van der Waals surface area contributed by atoms with Gasteiger partial charge in [0.15, 0.2) is 0 Å². The molecular weight excluding hydrogens is 388 g/mol. The average Bonchev–Trinajstić information content (AvgIpc) is 3.18. The van der Waals surface area contributed by atoms with Crippen molar-refractivity contribution in [3.8, 4) is 0 Å². The molecule has 0 bridgehead atoms. The number of aromatic amines is 1. The molecule has 0 saturated carbocycles. The van der Waals surface area contributed by atoms with E-state index >= 15 is 0 Å².